The standard InChI is InChI=1S/C3H7O6P.2Na.2H/c1-2(4)3(5)9-10(6,7)8;;;;/h2,4H,1H3,(H2,6,7,8);;;;. The zero-order valence-corrected chi connectivity index (χ0v) is 5.99. The SMILES string of the molecule is CC(O)C(=O)OP(=O)(O)O.[NaH].[NaH]. The van der Waals surface area contributed by atoms with Crippen LogP contribution >= 0.6 is 7.82 Å². The van der Waals surface area contributed by atoms with Gasteiger partial charge in [-0.05, 0) is 6.92 Å². The second-order valence-corrected chi connectivity index (χ2v) is 2.74. The summed E-state index contributed by atoms with van der Waals surface area (Å²) in [6.45, 7) is 1.04. The number of phosphoric ester groups is 1. The van der Waals surface area contributed by atoms with Crippen molar-refractivity contribution in [2.75, 3.05) is 0 Å². The number of hydrogen-bond donors (Lipinski definition) is 3. The minimum absolute atomic E-state index is 0. The molecule has 0 heterocycles. The molecule has 1 unspecified atom stereocenters. The van der Waals surface area contributed by atoms with Crippen molar-refractivity contribution in [3.63, 3.8) is 0 Å². The molecule has 6 nitrogen and oxygen atoms in total. The van der Waals surface area contributed by atoms with E-state index in [1.54, 1.807) is 0 Å². The Kier molecular flexibility index (Phi) is 12.7. The Morgan fingerprint density at radius 3 is 1.83 bits per heavy atom. The topological polar surface area (TPSA) is 104 Å². The second-order valence-electron chi connectivity index (χ2n) is 1.58. The molecule has 0 aromatic heterocycles. The van der Waals surface area contributed by atoms with Crippen molar-refractivity contribution in [3.8, 4) is 0 Å². The van der Waals surface area contributed by atoms with E-state index < -0.39 is 19.9 Å². The van der Waals surface area contributed by atoms with E-state index in [4.69, 9.17) is 14.9 Å². The van der Waals surface area contributed by atoms with Crippen LogP contribution in [0.3, 0.4) is 0 Å². The number of carbonyl (C=O) groups is 1. The predicted octanol–water partition coefficient (Wildman–Crippen LogP) is -2.29. The van der Waals surface area contributed by atoms with E-state index in [-0.39, 0.29) is 59.1 Å². The van der Waals surface area contributed by atoms with Crippen LogP contribution in [0.15, 0.2) is 0 Å². The van der Waals surface area contributed by atoms with Crippen LogP contribution in [-0.4, -0.2) is 86.1 Å². The first kappa shape index (κ1) is 19.2. The van der Waals surface area contributed by atoms with Crippen LogP contribution in [0, 0.1) is 0 Å². The van der Waals surface area contributed by atoms with Crippen molar-refractivity contribution in [1.29, 1.82) is 0 Å². The zero-order chi connectivity index (χ0) is 8.36. The van der Waals surface area contributed by atoms with E-state index in [1.807, 2.05) is 0 Å². The molecule has 0 bridgehead atoms. The molecule has 3 N–H and O–H groups in total. The number of aliphatic hydroxyl groups is 1. The van der Waals surface area contributed by atoms with Gasteiger partial charge >= 0.3 is 72.9 Å². The Hall–Kier alpha value is 1.58. The van der Waals surface area contributed by atoms with Gasteiger partial charge in [-0.2, -0.15) is 0 Å². The molecule has 0 saturated heterocycles. The molecule has 12 heavy (non-hydrogen) atoms. The third kappa shape index (κ3) is 11.6. The van der Waals surface area contributed by atoms with E-state index in [1.165, 1.54) is 0 Å². The fourth-order valence-electron chi connectivity index (χ4n) is 0.193. The van der Waals surface area contributed by atoms with Crippen LogP contribution in [-0.2, 0) is 13.9 Å². The molecule has 0 aromatic carbocycles. The summed E-state index contributed by atoms with van der Waals surface area (Å²) in [5.74, 6) is -1.34. The number of aliphatic hydroxyl groups excluding tert-OH is 1. The summed E-state index contributed by atoms with van der Waals surface area (Å²) in [5.41, 5.74) is 0. The molecule has 0 saturated carbocycles. The van der Waals surface area contributed by atoms with Crippen LogP contribution < -0.4 is 0 Å². The Balaban J connectivity index is -0.000000405. The average molecular weight is 218 g/mol. The van der Waals surface area contributed by atoms with Gasteiger partial charge in [0.15, 0.2) is 0 Å². The van der Waals surface area contributed by atoms with Crippen molar-refractivity contribution in [2.24, 2.45) is 0 Å². The van der Waals surface area contributed by atoms with Crippen molar-refractivity contribution in [1.82, 2.24) is 0 Å². The van der Waals surface area contributed by atoms with E-state index in [0.717, 1.165) is 6.92 Å². The molecule has 0 fully saturated rings. The number of rotatable bonds is 2. The van der Waals surface area contributed by atoms with Crippen molar-refractivity contribution >= 4 is 72.9 Å². The summed E-state index contributed by atoms with van der Waals surface area (Å²) in [7, 11) is -4.79. The predicted molar refractivity (Wildman–Crippen MR) is 44.1 cm³/mol. The summed E-state index contributed by atoms with van der Waals surface area (Å²) >= 11 is 0. The molecule has 0 aliphatic rings. The first-order chi connectivity index (χ1) is 4.33. The molecule has 0 spiro atoms. The number of phosphoric acid groups is 1. The molecule has 0 aromatic rings. The fraction of sp³-hybridized carbons (Fsp3) is 0.667. The van der Waals surface area contributed by atoms with Crippen molar-refractivity contribution in [2.45, 2.75) is 13.0 Å². The fourth-order valence-corrected chi connectivity index (χ4v) is 0.580. The molecule has 0 radical (unpaired) electrons. The van der Waals surface area contributed by atoms with Gasteiger partial charge in [0.25, 0.3) is 0 Å². The third-order valence-corrected chi connectivity index (χ3v) is 0.968. The summed E-state index contributed by atoms with van der Waals surface area (Å²) in [6, 6.07) is 0. The van der Waals surface area contributed by atoms with Crippen LogP contribution in [0.5, 0.6) is 0 Å². The average Bonchev–Trinajstić information content (AvgIpc) is 1.60. The first-order valence-corrected chi connectivity index (χ1v) is 3.83. The summed E-state index contributed by atoms with van der Waals surface area (Å²) < 4.78 is 13.4. The molecular weight excluding hydrogens is 209 g/mol. The first-order valence-electron chi connectivity index (χ1n) is 2.30. The van der Waals surface area contributed by atoms with Gasteiger partial charge in [0.2, 0.25) is 0 Å². The van der Waals surface area contributed by atoms with Crippen LogP contribution in [0.1, 0.15) is 6.92 Å². The van der Waals surface area contributed by atoms with E-state index in [0.29, 0.717) is 0 Å². The Morgan fingerprint density at radius 2 is 1.75 bits per heavy atom. The maximum absolute atomic E-state index is 10.2. The molecule has 0 amide bonds. The monoisotopic (exact) mass is 218 g/mol. The van der Waals surface area contributed by atoms with Gasteiger partial charge in [-0.3, -0.25) is 9.79 Å². The summed E-state index contributed by atoms with van der Waals surface area (Å²) in [5, 5.41) is 8.37. The molecule has 0 rings (SSSR count). The zero-order valence-electron chi connectivity index (χ0n) is 5.09. The van der Waals surface area contributed by atoms with E-state index in [2.05, 4.69) is 4.52 Å². The molecule has 9 heteroatoms. The Labute approximate surface area is 114 Å². The van der Waals surface area contributed by atoms with Crippen molar-refractivity contribution in [3.05, 3.63) is 0 Å². The van der Waals surface area contributed by atoms with Crippen LogP contribution in [0.4, 0.5) is 0 Å². The molecular formula is C3H9Na2O6P. The van der Waals surface area contributed by atoms with Gasteiger partial charge in [0.05, 0.1) is 0 Å². The summed E-state index contributed by atoms with van der Waals surface area (Å²) in [6.07, 6.45) is -1.52. The molecule has 0 aliphatic carbocycles. The van der Waals surface area contributed by atoms with Gasteiger partial charge < -0.3 is 9.63 Å². The number of carbonyl (C=O) groups excluding carboxylic acids is 1. The Morgan fingerprint density at radius 1 is 1.42 bits per heavy atom. The quantitative estimate of drug-likeness (QED) is 0.356. The third-order valence-electron chi connectivity index (χ3n) is 0.550. The second kappa shape index (κ2) is 7.94. The van der Waals surface area contributed by atoms with Gasteiger partial charge in [-0.25, -0.2) is 9.36 Å². The normalized spacial score (nSPS) is 12.0. The van der Waals surface area contributed by atoms with Crippen LogP contribution in [0.25, 0.3) is 0 Å². The van der Waals surface area contributed by atoms with Gasteiger partial charge in [0, 0.05) is 0 Å². The van der Waals surface area contributed by atoms with Gasteiger partial charge in [-0.15, -0.1) is 0 Å². The Bertz CT molecular complexity index is 176. The minimum atomic E-state index is -4.79. The van der Waals surface area contributed by atoms with Crippen LogP contribution in [0.2, 0.25) is 0 Å². The molecule has 64 valence electrons. The van der Waals surface area contributed by atoms with E-state index in [9.17, 15) is 9.36 Å². The van der Waals surface area contributed by atoms with Gasteiger partial charge in [0.1, 0.15) is 6.10 Å². The molecule has 0 aliphatic heterocycles. The van der Waals surface area contributed by atoms with Gasteiger partial charge in [-0.1, -0.05) is 0 Å². The van der Waals surface area contributed by atoms with E-state index >= 15 is 0 Å². The summed E-state index contributed by atoms with van der Waals surface area (Å²) in [4.78, 5) is 26.2. The molecule has 1 atom stereocenters. The maximum atomic E-state index is 10.2. The van der Waals surface area contributed by atoms with Crippen molar-refractivity contribution < 1.29 is 28.8 Å². The number of hydrogen-bond acceptors (Lipinski definition) is 4.